The van der Waals surface area contributed by atoms with Crippen molar-refractivity contribution in [3.05, 3.63) is 17.4 Å². The highest BCUT2D eigenvalue weighted by atomic mass is 32.1. The number of tetrazole rings is 1. The Morgan fingerprint density at radius 2 is 2.41 bits per heavy atom. The van der Waals surface area contributed by atoms with E-state index in [0.717, 1.165) is 0 Å². The number of fused-ring (bicyclic) bond motifs is 2. The average Bonchev–Trinajstić information content (AvgIpc) is 3.06. The maximum Gasteiger partial charge on any atom is 0.216 e. The van der Waals surface area contributed by atoms with Crippen molar-refractivity contribution in [1.29, 1.82) is 0 Å². The van der Waals surface area contributed by atoms with Crippen LogP contribution < -0.4 is 11.2 Å². The van der Waals surface area contributed by atoms with Gasteiger partial charge in [-0.15, -0.1) is 6.58 Å². The van der Waals surface area contributed by atoms with Crippen LogP contribution in [0, 0.1) is 4.77 Å². The molecule has 0 amide bonds. The van der Waals surface area contributed by atoms with Crippen LogP contribution in [-0.4, -0.2) is 49.6 Å². The molecule has 2 aliphatic rings. The standard InChI is InChI=1S/C11H15N7O2S2/c1-2-3-17-11(22)18(16-15-17)7-4-6(13-14-10(12)21)9-19-5-8(7)20-9/h2,7-9H,1,3-5H2,(H3,12,14,21)/b13-6-/t7-,8+,9+/m1/s1. The predicted molar refractivity (Wildman–Crippen MR) is 84.7 cm³/mol. The molecule has 0 aromatic carbocycles. The van der Waals surface area contributed by atoms with E-state index < -0.39 is 6.29 Å². The third-order valence-electron chi connectivity index (χ3n) is 3.42. The van der Waals surface area contributed by atoms with E-state index in [9.17, 15) is 0 Å². The van der Waals surface area contributed by atoms with Crippen molar-refractivity contribution in [2.75, 3.05) is 6.61 Å². The molecule has 22 heavy (non-hydrogen) atoms. The van der Waals surface area contributed by atoms with Gasteiger partial charge in [0.15, 0.2) is 11.4 Å². The van der Waals surface area contributed by atoms with Crippen molar-refractivity contribution < 1.29 is 9.47 Å². The summed E-state index contributed by atoms with van der Waals surface area (Å²) in [5.74, 6) is 0. The van der Waals surface area contributed by atoms with Gasteiger partial charge in [0.2, 0.25) is 4.77 Å². The highest BCUT2D eigenvalue weighted by Crippen LogP contribution is 2.33. The SMILES string of the molecule is C=CCn1nnn([C@@H]2C/C(=N/NC(N)=S)[C@H]3OC[C@@H]2O3)c1=S. The zero-order valence-corrected chi connectivity index (χ0v) is 13.2. The van der Waals surface area contributed by atoms with Gasteiger partial charge < -0.3 is 15.2 Å². The summed E-state index contributed by atoms with van der Waals surface area (Å²) in [6.07, 6.45) is 1.64. The Hall–Kier alpha value is -1.69. The number of ether oxygens (including phenoxy) is 2. The Balaban J connectivity index is 1.87. The van der Waals surface area contributed by atoms with Crippen LogP contribution in [0.25, 0.3) is 0 Å². The van der Waals surface area contributed by atoms with Crippen LogP contribution in [0.2, 0.25) is 0 Å². The smallest absolute Gasteiger partial charge is 0.216 e. The first-order valence-corrected chi connectivity index (χ1v) is 7.44. The van der Waals surface area contributed by atoms with Gasteiger partial charge in [0.05, 0.1) is 24.9 Å². The molecule has 3 heterocycles. The lowest BCUT2D eigenvalue weighted by Crippen LogP contribution is -2.39. The van der Waals surface area contributed by atoms with Crippen LogP contribution in [0.3, 0.4) is 0 Å². The molecule has 0 unspecified atom stereocenters. The van der Waals surface area contributed by atoms with E-state index in [-0.39, 0.29) is 17.3 Å². The molecule has 2 aliphatic heterocycles. The van der Waals surface area contributed by atoms with Crippen molar-refractivity contribution in [3.8, 4) is 0 Å². The first-order valence-electron chi connectivity index (χ1n) is 6.62. The third kappa shape index (κ3) is 2.79. The molecule has 2 fully saturated rings. The molecule has 0 spiro atoms. The van der Waals surface area contributed by atoms with Gasteiger partial charge in [0.1, 0.15) is 6.10 Å². The number of allylic oxidation sites excluding steroid dienone is 1. The molecule has 3 atom stereocenters. The monoisotopic (exact) mass is 341 g/mol. The first kappa shape index (κ1) is 15.2. The molecule has 0 aliphatic carbocycles. The Bertz CT molecular complexity index is 682. The molecule has 3 rings (SSSR count). The second-order valence-corrected chi connectivity index (χ2v) is 5.67. The second kappa shape index (κ2) is 6.20. The van der Waals surface area contributed by atoms with Gasteiger partial charge in [-0.2, -0.15) is 5.10 Å². The number of nitrogens with zero attached hydrogens (tertiary/aromatic N) is 5. The van der Waals surface area contributed by atoms with Gasteiger partial charge in [0, 0.05) is 6.42 Å². The van der Waals surface area contributed by atoms with Gasteiger partial charge in [-0.25, -0.2) is 9.36 Å². The number of rotatable bonds is 4. The van der Waals surface area contributed by atoms with Crippen LogP contribution >= 0.6 is 24.4 Å². The highest BCUT2D eigenvalue weighted by Gasteiger charge is 2.44. The van der Waals surface area contributed by atoms with Crippen LogP contribution in [-0.2, 0) is 16.0 Å². The fourth-order valence-electron chi connectivity index (χ4n) is 2.44. The van der Waals surface area contributed by atoms with E-state index in [1.807, 2.05) is 0 Å². The summed E-state index contributed by atoms with van der Waals surface area (Å²) in [5, 5.41) is 12.4. The van der Waals surface area contributed by atoms with E-state index in [1.54, 1.807) is 15.4 Å². The molecular formula is C11H15N7O2S2. The van der Waals surface area contributed by atoms with E-state index in [1.165, 1.54) is 0 Å². The third-order valence-corrected chi connectivity index (χ3v) is 3.91. The summed E-state index contributed by atoms with van der Waals surface area (Å²) in [7, 11) is 0. The maximum atomic E-state index is 5.79. The maximum absolute atomic E-state index is 5.79. The Morgan fingerprint density at radius 1 is 1.59 bits per heavy atom. The van der Waals surface area contributed by atoms with Crippen molar-refractivity contribution in [2.24, 2.45) is 10.8 Å². The molecule has 3 N–H and O–H groups in total. The lowest BCUT2D eigenvalue weighted by atomic mass is 10.0. The fourth-order valence-corrected chi connectivity index (χ4v) is 2.77. The molecule has 118 valence electrons. The van der Waals surface area contributed by atoms with Gasteiger partial charge in [-0.05, 0) is 34.9 Å². The van der Waals surface area contributed by atoms with Gasteiger partial charge in [-0.3, -0.25) is 5.43 Å². The van der Waals surface area contributed by atoms with Crippen molar-refractivity contribution in [2.45, 2.75) is 31.4 Å². The molecule has 1 aromatic rings. The molecular weight excluding hydrogens is 326 g/mol. The Labute approximate surface area is 136 Å². The zero-order valence-electron chi connectivity index (χ0n) is 11.6. The molecule has 1 aromatic heterocycles. The minimum atomic E-state index is -0.486. The molecule has 0 saturated carbocycles. The number of thiocarbonyl (C=S) groups is 1. The van der Waals surface area contributed by atoms with Crippen LogP contribution in [0.15, 0.2) is 17.8 Å². The number of nitrogens with one attached hydrogen (secondary N) is 1. The van der Waals surface area contributed by atoms with Gasteiger partial charge in [-0.1, -0.05) is 6.08 Å². The largest absolute Gasteiger partial charge is 0.375 e. The van der Waals surface area contributed by atoms with Gasteiger partial charge in [0.25, 0.3) is 0 Å². The Kier molecular flexibility index (Phi) is 4.29. The number of hydrogen-bond acceptors (Lipinski definition) is 7. The number of hydrazone groups is 1. The molecule has 0 radical (unpaired) electrons. The van der Waals surface area contributed by atoms with E-state index in [4.69, 9.17) is 39.6 Å². The lowest BCUT2D eigenvalue weighted by Gasteiger charge is -2.27. The van der Waals surface area contributed by atoms with Gasteiger partial charge >= 0.3 is 0 Å². The molecule has 11 heteroatoms. The minimum Gasteiger partial charge on any atom is -0.375 e. The summed E-state index contributed by atoms with van der Waals surface area (Å²) >= 11 is 10.1. The van der Waals surface area contributed by atoms with E-state index >= 15 is 0 Å². The van der Waals surface area contributed by atoms with Crippen molar-refractivity contribution >= 4 is 35.3 Å². The van der Waals surface area contributed by atoms with Crippen LogP contribution in [0.1, 0.15) is 12.5 Å². The molecule has 2 bridgehead atoms. The molecule has 2 saturated heterocycles. The van der Waals surface area contributed by atoms with E-state index in [0.29, 0.717) is 30.1 Å². The van der Waals surface area contributed by atoms with Crippen molar-refractivity contribution in [3.63, 3.8) is 0 Å². The number of nitrogens with two attached hydrogens (primary N) is 1. The highest BCUT2D eigenvalue weighted by molar-refractivity contribution is 7.80. The van der Waals surface area contributed by atoms with E-state index in [2.05, 4.69) is 27.5 Å². The summed E-state index contributed by atoms with van der Waals surface area (Å²) in [6, 6.07) is -0.142. The van der Waals surface area contributed by atoms with Crippen LogP contribution in [0.5, 0.6) is 0 Å². The summed E-state index contributed by atoms with van der Waals surface area (Å²) < 4.78 is 15.1. The average molecular weight is 341 g/mol. The Morgan fingerprint density at radius 3 is 3.14 bits per heavy atom. The number of hydrogen-bond donors (Lipinski definition) is 2. The molecule has 9 nitrogen and oxygen atoms in total. The fraction of sp³-hybridized carbons (Fsp3) is 0.545. The zero-order chi connectivity index (χ0) is 15.7. The quantitative estimate of drug-likeness (QED) is 0.443. The summed E-state index contributed by atoms with van der Waals surface area (Å²) in [6.45, 7) is 4.61. The minimum absolute atomic E-state index is 0.0812. The van der Waals surface area contributed by atoms with Crippen molar-refractivity contribution in [1.82, 2.24) is 25.2 Å². The second-order valence-electron chi connectivity index (χ2n) is 4.87. The summed E-state index contributed by atoms with van der Waals surface area (Å²) in [4.78, 5) is 0. The lowest BCUT2D eigenvalue weighted by molar-refractivity contribution is -0.0324. The first-order chi connectivity index (χ1) is 10.6. The summed E-state index contributed by atoms with van der Waals surface area (Å²) in [5.41, 5.74) is 8.60. The number of aromatic nitrogens is 4. The van der Waals surface area contributed by atoms with Crippen LogP contribution in [0.4, 0.5) is 0 Å². The normalized spacial score (nSPS) is 28.7. The predicted octanol–water partition coefficient (Wildman–Crippen LogP) is -0.129. The topological polar surface area (TPSA) is 105 Å².